The van der Waals surface area contributed by atoms with Crippen molar-refractivity contribution in [3.63, 3.8) is 0 Å². The van der Waals surface area contributed by atoms with Gasteiger partial charge in [-0.25, -0.2) is 0 Å². The molecule has 1 unspecified atom stereocenters. The molecule has 0 spiro atoms. The molecule has 14 heavy (non-hydrogen) atoms. The third kappa shape index (κ3) is 2.47. The Labute approximate surface area is 86.2 Å². The second-order valence-electron chi connectivity index (χ2n) is 5.38. The fourth-order valence-corrected chi connectivity index (χ4v) is 2.84. The maximum Gasteiger partial charge on any atom is 0.0925 e. The molecular formula is C12H22FN. The van der Waals surface area contributed by atoms with Crippen molar-refractivity contribution in [2.75, 3.05) is 6.67 Å². The van der Waals surface area contributed by atoms with Crippen LogP contribution in [0.4, 0.5) is 4.39 Å². The lowest BCUT2D eigenvalue weighted by Gasteiger charge is -2.30. The predicted octanol–water partition coefficient (Wildman–Crippen LogP) is 3.03. The van der Waals surface area contributed by atoms with E-state index in [2.05, 4.69) is 0 Å². The highest BCUT2D eigenvalue weighted by molar-refractivity contribution is 5.00. The fraction of sp³-hybridized carbons (Fsp3) is 1.00. The lowest BCUT2D eigenvalue weighted by atomic mass is 9.77. The number of nitrogens with two attached hydrogens (primary N) is 1. The average molecular weight is 199 g/mol. The number of halogens is 1. The molecule has 2 saturated carbocycles. The van der Waals surface area contributed by atoms with Crippen LogP contribution in [-0.2, 0) is 0 Å². The summed E-state index contributed by atoms with van der Waals surface area (Å²) in [5.74, 6) is 0.901. The fourth-order valence-electron chi connectivity index (χ4n) is 2.84. The number of alkyl halides is 1. The van der Waals surface area contributed by atoms with Gasteiger partial charge in [-0.1, -0.05) is 32.1 Å². The van der Waals surface area contributed by atoms with E-state index in [1.807, 2.05) is 0 Å². The van der Waals surface area contributed by atoms with Crippen molar-refractivity contribution in [2.24, 2.45) is 17.6 Å². The van der Waals surface area contributed by atoms with E-state index >= 15 is 0 Å². The molecule has 2 fully saturated rings. The van der Waals surface area contributed by atoms with Gasteiger partial charge in [-0.05, 0) is 31.1 Å². The van der Waals surface area contributed by atoms with Crippen LogP contribution in [0.1, 0.15) is 51.4 Å². The third-order valence-electron chi connectivity index (χ3n) is 4.08. The number of rotatable bonds is 4. The Bertz CT molecular complexity index is 183. The first-order valence-electron chi connectivity index (χ1n) is 6.08. The van der Waals surface area contributed by atoms with E-state index in [0.717, 1.165) is 19.3 Å². The van der Waals surface area contributed by atoms with Crippen LogP contribution in [0, 0.1) is 11.8 Å². The Balaban J connectivity index is 1.84. The maximum absolute atomic E-state index is 12.9. The molecule has 0 radical (unpaired) electrons. The molecule has 0 amide bonds. The van der Waals surface area contributed by atoms with E-state index in [4.69, 9.17) is 5.73 Å². The smallest absolute Gasteiger partial charge is 0.0925 e. The zero-order valence-electron chi connectivity index (χ0n) is 8.97. The number of hydrogen-bond donors (Lipinski definition) is 1. The lowest BCUT2D eigenvalue weighted by Crippen LogP contribution is -2.30. The molecule has 0 aliphatic heterocycles. The van der Waals surface area contributed by atoms with Crippen molar-refractivity contribution in [3.05, 3.63) is 0 Å². The van der Waals surface area contributed by atoms with Gasteiger partial charge in [0.05, 0.1) is 6.67 Å². The Hall–Kier alpha value is -0.110. The van der Waals surface area contributed by atoms with Crippen LogP contribution in [0.5, 0.6) is 0 Å². The molecule has 1 atom stereocenters. The molecule has 1 nitrogen and oxygen atoms in total. The molecule has 2 rings (SSSR count). The van der Waals surface area contributed by atoms with Crippen LogP contribution < -0.4 is 5.73 Å². The summed E-state index contributed by atoms with van der Waals surface area (Å²) in [6.07, 6.45) is 9.62. The minimum atomic E-state index is -0.149. The summed E-state index contributed by atoms with van der Waals surface area (Å²) in [7, 11) is 0. The maximum atomic E-state index is 12.9. The van der Waals surface area contributed by atoms with Crippen molar-refractivity contribution in [3.8, 4) is 0 Å². The molecule has 0 aromatic rings. The summed E-state index contributed by atoms with van der Waals surface area (Å²) < 4.78 is 12.9. The molecule has 0 aromatic heterocycles. The van der Waals surface area contributed by atoms with Crippen molar-refractivity contribution in [2.45, 2.75) is 56.9 Å². The normalized spacial score (nSPS) is 28.7. The summed E-state index contributed by atoms with van der Waals surface area (Å²) in [6, 6.07) is 0. The van der Waals surface area contributed by atoms with Crippen molar-refractivity contribution >= 4 is 0 Å². The minimum Gasteiger partial charge on any atom is -0.325 e. The summed E-state index contributed by atoms with van der Waals surface area (Å²) >= 11 is 0. The molecule has 0 aromatic carbocycles. The second kappa shape index (κ2) is 4.18. The van der Waals surface area contributed by atoms with Gasteiger partial charge in [0.1, 0.15) is 0 Å². The van der Waals surface area contributed by atoms with Gasteiger partial charge in [-0.15, -0.1) is 0 Å². The van der Waals surface area contributed by atoms with Gasteiger partial charge in [0.25, 0.3) is 0 Å². The molecule has 0 bridgehead atoms. The molecule has 2 heteroatoms. The molecule has 0 saturated heterocycles. The van der Waals surface area contributed by atoms with Gasteiger partial charge < -0.3 is 5.73 Å². The highest BCUT2D eigenvalue weighted by atomic mass is 19.1. The quantitative estimate of drug-likeness (QED) is 0.740. The summed E-state index contributed by atoms with van der Waals surface area (Å²) in [6.45, 7) is -0.149. The Kier molecular flexibility index (Phi) is 3.10. The van der Waals surface area contributed by atoms with E-state index in [-0.39, 0.29) is 18.1 Å². The van der Waals surface area contributed by atoms with E-state index in [1.54, 1.807) is 0 Å². The third-order valence-corrected chi connectivity index (χ3v) is 4.08. The first-order chi connectivity index (χ1) is 6.73. The molecule has 2 aliphatic rings. The van der Waals surface area contributed by atoms with E-state index in [0.29, 0.717) is 5.92 Å². The largest absolute Gasteiger partial charge is 0.325 e. The standard InChI is InChI=1S/C12H22FN/c13-9-11(8-12(14)6-7-12)10-4-2-1-3-5-10/h10-11H,1-9,14H2. The van der Waals surface area contributed by atoms with Crippen LogP contribution in [-0.4, -0.2) is 12.2 Å². The molecule has 2 N–H and O–H groups in total. The van der Waals surface area contributed by atoms with E-state index < -0.39 is 0 Å². The van der Waals surface area contributed by atoms with Crippen molar-refractivity contribution in [1.29, 1.82) is 0 Å². The first kappa shape index (κ1) is 10.4. The van der Waals surface area contributed by atoms with Gasteiger partial charge in [0.2, 0.25) is 0 Å². The Morgan fingerprint density at radius 3 is 2.36 bits per heavy atom. The van der Waals surface area contributed by atoms with Crippen molar-refractivity contribution < 1.29 is 4.39 Å². The lowest BCUT2D eigenvalue weighted by molar-refractivity contribution is 0.183. The second-order valence-corrected chi connectivity index (χ2v) is 5.38. The Morgan fingerprint density at radius 2 is 1.86 bits per heavy atom. The Morgan fingerprint density at radius 1 is 1.21 bits per heavy atom. The zero-order chi connectivity index (χ0) is 10.0. The van der Waals surface area contributed by atoms with E-state index in [9.17, 15) is 4.39 Å². The van der Waals surface area contributed by atoms with E-state index in [1.165, 1.54) is 32.1 Å². The SMILES string of the molecule is NC1(CC(CF)C2CCCCC2)CC1. The average Bonchev–Trinajstić information content (AvgIpc) is 2.95. The first-order valence-corrected chi connectivity index (χ1v) is 6.08. The molecule has 2 aliphatic carbocycles. The molecule has 82 valence electrons. The van der Waals surface area contributed by atoms with Crippen LogP contribution in [0.2, 0.25) is 0 Å². The minimum absolute atomic E-state index is 0.0359. The van der Waals surface area contributed by atoms with Gasteiger partial charge >= 0.3 is 0 Å². The highest BCUT2D eigenvalue weighted by Gasteiger charge is 2.41. The van der Waals surface area contributed by atoms with Crippen LogP contribution >= 0.6 is 0 Å². The highest BCUT2D eigenvalue weighted by Crippen LogP contribution is 2.42. The predicted molar refractivity (Wildman–Crippen MR) is 56.8 cm³/mol. The summed E-state index contributed by atoms with van der Waals surface area (Å²) in [5.41, 5.74) is 6.10. The van der Waals surface area contributed by atoms with Gasteiger partial charge in [0.15, 0.2) is 0 Å². The topological polar surface area (TPSA) is 26.0 Å². The zero-order valence-corrected chi connectivity index (χ0v) is 8.97. The summed E-state index contributed by atoms with van der Waals surface area (Å²) in [5, 5.41) is 0. The summed E-state index contributed by atoms with van der Waals surface area (Å²) in [4.78, 5) is 0. The monoisotopic (exact) mass is 199 g/mol. The van der Waals surface area contributed by atoms with Crippen LogP contribution in [0.15, 0.2) is 0 Å². The van der Waals surface area contributed by atoms with Crippen LogP contribution in [0.3, 0.4) is 0 Å². The van der Waals surface area contributed by atoms with Crippen molar-refractivity contribution in [1.82, 2.24) is 0 Å². The van der Waals surface area contributed by atoms with Gasteiger partial charge in [-0.3, -0.25) is 4.39 Å². The molecule has 0 heterocycles. The van der Waals surface area contributed by atoms with Crippen LogP contribution in [0.25, 0.3) is 0 Å². The number of hydrogen-bond acceptors (Lipinski definition) is 1. The molecular weight excluding hydrogens is 177 g/mol. The van der Waals surface area contributed by atoms with Gasteiger partial charge in [-0.2, -0.15) is 0 Å². The van der Waals surface area contributed by atoms with Gasteiger partial charge in [0, 0.05) is 5.54 Å².